The van der Waals surface area contributed by atoms with Crippen LogP contribution in [0.3, 0.4) is 0 Å². The van der Waals surface area contributed by atoms with Crippen LogP contribution in [0.25, 0.3) is 0 Å². The lowest BCUT2D eigenvalue weighted by atomic mass is 9.95. The minimum Gasteiger partial charge on any atom is -0.294 e. The highest BCUT2D eigenvalue weighted by atomic mass is 32.2. The number of hydrogen-bond acceptors (Lipinski definition) is 3. The van der Waals surface area contributed by atoms with E-state index in [9.17, 15) is 13.2 Å². The van der Waals surface area contributed by atoms with Crippen molar-refractivity contribution >= 4 is 15.6 Å². The van der Waals surface area contributed by atoms with Crippen LogP contribution >= 0.6 is 0 Å². The van der Waals surface area contributed by atoms with Gasteiger partial charge in [-0.25, -0.2) is 8.42 Å². The van der Waals surface area contributed by atoms with Gasteiger partial charge in [-0.1, -0.05) is 31.5 Å². The smallest absolute Gasteiger partial charge is 0.166 e. The van der Waals surface area contributed by atoms with Crippen LogP contribution in [0.5, 0.6) is 0 Å². The van der Waals surface area contributed by atoms with Crippen LogP contribution in [0, 0.1) is 5.92 Å². The number of hydrogen-bond donors (Lipinski definition) is 0. The molecule has 1 unspecified atom stereocenters. The zero-order chi connectivity index (χ0) is 13.2. The highest BCUT2D eigenvalue weighted by Crippen LogP contribution is 2.23. The van der Waals surface area contributed by atoms with Crippen molar-refractivity contribution < 1.29 is 13.2 Å². The van der Waals surface area contributed by atoms with Gasteiger partial charge in [-0.15, -0.1) is 0 Å². The molecule has 0 bridgehead atoms. The Labute approximate surface area is 108 Å². The molecule has 0 amide bonds. The molecule has 1 aliphatic heterocycles. The van der Waals surface area contributed by atoms with Gasteiger partial charge in [0.05, 0.1) is 11.5 Å². The number of aryl methyl sites for hydroxylation is 1. The molecule has 0 saturated carbocycles. The number of carbonyl (C=O) groups excluding carboxylic acids is 1. The lowest BCUT2D eigenvalue weighted by Gasteiger charge is -2.08. The molecule has 1 heterocycles. The van der Waals surface area contributed by atoms with Crippen molar-refractivity contribution in [3.63, 3.8) is 0 Å². The molecule has 1 atom stereocenters. The minimum absolute atomic E-state index is 0.0177. The molecule has 2 rings (SSSR count). The summed E-state index contributed by atoms with van der Waals surface area (Å²) in [6, 6.07) is 7.57. The number of sulfone groups is 1. The Morgan fingerprint density at radius 3 is 2.78 bits per heavy atom. The molecule has 4 heteroatoms. The minimum atomic E-state index is -2.99. The van der Waals surface area contributed by atoms with Crippen LogP contribution in [0.4, 0.5) is 0 Å². The normalized spacial score (nSPS) is 21.9. The predicted molar refractivity (Wildman–Crippen MR) is 71.5 cm³/mol. The average molecular weight is 266 g/mol. The standard InChI is InChI=1S/C14H18O3S/c1-2-4-11-5-3-6-12(9-11)14(15)13-7-8-18(16,17)10-13/h3,5-6,9,13H,2,4,7-8,10H2,1H3. The summed E-state index contributed by atoms with van der Waals surface area (Å²) in [6.07, 6.45) is 2.46. The molecule has 98 valence electrons. The van der Waals surface area contributed by atoms with E-state index in [0.717, 1.165) is 18.4 Å². The summed E-state index contributed by atoms with van der Waals surface area (Å²) in [7, 11) is -2.99. The first-order valence-corrected chi connectivity index (χ1v) is 8.17. The van der Waals surface area contributed by atoms with E-state index in [1.165, 1.54) is 0 Å². The summed E-state index contributed by atoms with van der Waals surface area (Å²) in [5.41, 5.74) is 1.80. The number of Topliss-reactive ketones (excluding diaryl/α,β-unsaturated/α-hetero) is 1. The van der Waals surface area contributed by atoms with Gasteiger partial charge in [0.2, 0.25) is 0 Å². The van der Waals surface area contributed by atoms with Crippen molar-refractivity contribution in [3.05, 3.63) is 35.4 Å². The molecule has 1 fully saturated rings. The molecular formula is C14H18O3S. The Balaban J connectivity index is 2.16. The highest BCUT2D eigenvalue weighted by Gasteiger charge is 2.33. The fourth-order valence-electron chi connectivity index (χ4n) is 2.41. The number of benzene rings is 1. The lowest BCUT2D eigenvalue weighted by Crippen LogP contribution is -2.16. The van der Waals surface area contributed by atoms with Crippen molar-refractivity contribution in [1.82, 2.24) is 0 Å². The van der Waals surface area contributed by atoms with E-state index in [-0.39, 0.29) is 23.2 Å². The van der Waals surface area contributed by atoms with Crippen LogP contribution in [0.1, 0.15) is 35.7 Å². The lowest BCUT2D eigenvalue weighted by molar-refractivity contribution is 0.0933. The van der Waals surface area contributed by atoms with E-state index in [4.69, 9.17) is 0 Å². The van der Waals surface area contributed by atoms with E-state index < -0.39 is 9.84 Å². The number of ketones is 1. The molecule has 1 aliphatic rings. The summed E-state index contributed by atoms with van der Waals surface area (Å²) in [5.74, 6) is -0.192. The first kappa shape index (κ1) is 13.3. The van der Waals surface area contributed by atoms with Gasteiger partial charge in [-0.05, 0) is 24.5 Å². The van der Waals surface area contributed by atoms with Crippen molar-refractivity contribution in [3.8, 4) is 0 Å². The molecule has 0 aliphatic carbocycles. The van der Waals surface area contributed by atoms with Gasteiger partial charge in [0.25, 0.3) is 0 Å². The second-order valence-electron chi connectivity index (χ2n) is 4.91. The third-order valence-corrected chi connectivity index (χ3v) is 5.12. The third-order valence-electron chi connectivity index (χ3n) is 3.35. The van der Waals surface area contributed by atoms with Gasteiger partial charge in [0.15, 0.2) is 15.6 Å². The van der Waals surface area contributed by atoms with Crippen LogP contribution in [-0.4, -0.2) is 25.7 Å². The fourth-order valence-corrected chi connectivity index (χ4v) is 4.15. The van der Waals surface area contributed by atoms with Gasteiger partial charge in [-0.2, -0.15) is 0 Å². The summed E-state index contributed by atoms with van der Waals surface area (Å²) >= 11 is 0. The molecular weight excluding hydrogens is 248 g/mol. The Kier molecular flexibility index (Phi) is 3.85. The summed E-state index contributed by atoms with van der Waals surface area (Å²) in [4.78, 5) is 12.2. The first-order valence-electron chi connectivity index (χ1n) is 6.35. The third kappa shape index (κ3) is 2.99. The van der Waals surface area contributed by atoms with Crippen LogP contribution in [0.2, 0.25) is 0 Å². The Morgan fingerprint density at radius 2 is 2.17 bits per heavy atom. The fraction of sp³-hybridized carbons (Fsp3) is 0.500. The number of carbonyl (C=O) groups is 1. The van der Waals surface area contributed by atoms with Crippen LogP contribution < -0.4 is 0 Å². The SMILES string of the molecule is CCCc1cccc(C(=O)C2CCS(=O)(=O)C2)c1. The largest absolute Gasteiger partial charge is 0.294 e. The van der Waals surface area contributed by atoms with E-state index >= 15 is 0 Å². The molecule has 0 spiro atoms. The molecule has 18 heavy (non-hydrogen) atoms. The van der Waals surface area contributed by atoms with E-state index in [0.29, 0.717) is 12.0 Å². The first-order chi connectivity index (χ1) is 8.52. The molecule has 3 nitrogen and oxygen atoms in total. The molecule has 1 saturated heterocycles. The van der Waals surface area contributed by atoms with Gasteiger partial charge in [0, 0.05) is 11.5 Å². The van der Waals surface area contributed by atoms with Crippen molar-refractivity contribution in [2.75, 3.05) is 11.5 Å². The maximum Gasteiger partial charge on any atom is 0.166 e. The molecule has 0 N–H and O–H groups in total. The maximum atomic E-state index is 12.2. The quantitative estimate of drug-likeness (QED) is 0.785. The summed E-state index contributed by atoms with van der Waals surface area (Å²) in [6.45, 7) is 2.10. The van der Waals surface area contributed by atoms with Crippen LogP contribution in [-0.2, 0) is 16.3 Å². The van der Waals surface area contributed by atoms with Crippen molar-refractivity contribution in [2.45, 2.75) is 26.2 Å². The van der Waals surface area contributed by atoms with Crippen molar-refractivity contribution in [1.29, 1.82) is 0 Å². The highest BCUT2D eigenvalue weighted by molar-refractivity contribution is 7.91. The molecule has 1 aromatic carbocycles. The second kappa shape index (κ2) is 5.22. The zero-order valence-electron chi connectivity index (χ0n) is 10.6. The van der Waals surface area contributed by atoms with E-state index in [1.54, 1.807) is 6.07 Å². The molecule has 0 aromatic heterocycles. The zero-order valence-corrected chi connectivity index (χ0v) is 11.4. The summed E-state index contributed by atoms with van der Waals surface area (Å²) < 4.78 is 22.8. The Morgan fingerprint density at radius 1 is 1.39 bits per heavy atom. The number of rotatable bonds is 4. The topological polar surface area (TPSA) is 51.2 Å². The van der Waals surface area contributed by atoms with Crippen LogP contribution in [0.15, 0.2) is 24.3 Å². The van der Waals surface area contributed by atoms with Gasteiger partial charge >= 0.3 is 0 Å². The molecule has 1 aromatic rings. The molecule has 0 radical (unpaired) electrons. The van der Waals surface area contributed by atoms with Gasteiger partial charge in [0.1, 0.15) is 0 Å². The Bertz CT molecular complexity index is 546. The van der Waals surface area contributed by atoms with Crippen molar-refractivity contribution in [2.24, 2.45) is 5.92 Å². The van der Waals surface area contributed by atoms with E-state index in [2.05, 4.69) is 6.92 Å². The Hall–Kier alpha value is -1.16. The average Bonchev–Trinajstić information content (AvgIpc) is 2.70. The monoisotopic (exact) mass is 266 g/mol. The second-order valence-corrected chi connectivity index (χ2v) is 7.14. The predicted octanol–water partition coefficient (Wildman–Crippen LogP) is 2.26. The van der Waals surface area contributed by atoms with E-state index in [1.807, 2.05) is 18.2 Å². The maximum absolute atomic E-state index is 12.2. The summed E-state index contributed by atoms with van der Waals surface area (Å²) in [5, 5.41) is 0. The van der Waals surface area contributed by atoms with Gasteiger partial charge < -0.3 is 0 Å². The van der Waals surface area contributed by atoms with Gasteiger partial charge in [-0.3, -0.25) is 4.79 Å².